The van der Waals surface area contributed by atoms with E-state index in [1.165, 1.54) is 38.5 Å². The maximum Gasteiger partial charge on any atom is 0.416 e. The molecule has 3 nitrogen and oxygen atoms in total. The minimum absolute atomic E-state index is 0.0254. The molecule has 1 aromatic heterocycles. The highest BCUT2D eigenvalue weighted by atomic mass is 35.5. The lowest BCUT2D eigenvalue weighted by atomic mass is 10.1. The van der Waals surface area contributed by atoms with Crippen molar-refractivity contribution in [2.24, 2.45) is 0 Å². The van der Waals surface area contributed by atoms with Crippen LogP contribution in [0, 0.1) is 0 Å². The van der Waals surface area contributed by atoms with Gasteiger partial charge in [0.1, 0.15) is 0 Å². The molecule has 7 heteroatoms. The average molecular weight is 376 g/mol. The number of anilines is 1. The third-order valence-electron chi connectivity index (χ3n) is 4.20. The number of benzene rings is 1. The van der Waals surface area contributed by atoms with Gasteiger partial charge in [0, 0.05) is 6.54 Å². The molecule has 1 heterocycles. The van der Waals surface area contributed by atoms with Gasteiger partial charge in [0.25, 0.3) is 0 Å². The molecule has 0 bridgehead atoms. The zero-order valence-corrected chi connectivity index (χ0v) is 15.2. The van der Waals surface area contributed by atoms with Crippen LogP contribution in [0.25, 0.3) is 11.0 Å². The molecular formula is C18H25ClF3N3. The van der Waals surface area contributed by atoms with E-state index in [-0.39, 0.29) is 10.5 Å². The number of aromatic nitrogens is 2. The Morgan fingerprint density at radius 1 is 1.04 bits per heavy atom. The van der Waals surface area contributed by atoms with E-state index in [1.807, 2.05) is 0 Å². The largest absolute Gasteiger partial charge is 0.416 e. The van der Waals surface area contributed by atoms with E-state index in [1.54, 1.807) is 0 Å². The molecule has 1 aromatic carbocycles. The Hall–Kier alpha value is -1.43. The van der Waals surface area contributed by atoms with Gasteiger partial charge in [-0.1, -0.05) is 63.5 Å². The number of hydrogen-bond donors (Lipinski definition) is 2. The molecular weight excluding hydrogens is 351 g/mol. The fourth-order valence-corrected chi connectivity index (χ4v) is 3.05. The molecule has 25 heavy (non-hydrogen) atoms. The number of hydrogen-bond acceptors (Lipinski definition) is 2. The van der Waals surface area contributed by atoms with Crippen molar-refractivity contribution in [1.29, 1.82) is 0 Å². The van der Waals surface area contributed by atoms with Gasteiger partial charge in [-0.3, -0.25) is 0 Å². The van der Waals surface area contributed by atoms with Gasteiger partial charge >= 0.3 is 6.18 Å². The standard InChI is InChI=1S/C18H25ClF3N3/c1-2-3-4-5-6-7-8-9-10-23-17-24-15-12-13(18(20,21)22)11-14(19)16(15)25-17/h11-12H,2-10H2,1H3,(H2,23,24,25). The second-order valence-electron chi connectivity index (χ2n) is 6.34. The fourth-order valence-electron chi connectivity index (χ4n) is 2.78. The minimum atomic E-state index is -4.43. The van der Waals surface area contributed by atoms with Crippen LogP contribution in [0.2, 0.25) is 5.02 Å². The van der Waals surface area contributed by atoms with Crippen LogP contribution in [0.15, 0.2) is 12.1 Å². The van der Waals surface area contributed by atoms with Gasteiger partial charge in [0.2, 0.25) is 5.95 Å². The average Bonchev–Trinajstić information content (AvgIpc) is 2.96. The lowest BCUT2D eigenvalue weighted by Gasteiger charge is -2.06. The lowest BCUT2D eigenvalue weighted by molar-refractivity contribution is -0.137. The number of rotatable bonds is 10. The predicted octanol–water partition coefficient (Wildman–Crippen LogP) is 6.79. The highest BCUT2D eigenvalue weighted by molar-refractivity contribution is 6.35. The number of nitrogens with zero attached hydrogens (tertiary/aromatic N) is 1. The summed E-state index contributed by atoms with van der Waals surface area (Å²) >= 11 is 5.94. The Balaban J connectivity index is 1.79. The summed E-state index contributed by atoms with van der Waals surface area (Å²) in [4.78, 5) is 7.11. The van der Waals surface area contributed by atoms with Crippen LogP contribution in [0.1, 0.15) is 63.9 Å². The maximum absolute atomic E-state index is 12.8. The summed E-state index contributed by atoms with van der Waals surface area (Å²) in [5, 5.41) is 3.15. The molecule has 0 amide bonds. The lowest BCUT2D eigenvalue weighted by Crippen LogP contribution is -2.04. The Kier molecular flexibility index (Phi) is 7.41. The van der Waals surface area contributed by atoms with Gasteiger partial charge in [-0.05, 0) is 18.6 Å². The first kappa shape index (κ1) is 19.9. The molecule has 0 aliphatic heterocycles. The molecule has 0 saturated heterocycles. The van der Waals surface area contributed by atoms with Gasteiger partial charge in [0.05, 0.1) is 21.6 Å². The molecule has 0 fully saturated rings. The van der Waals surface area contributed by atoms with E-state index >= 15 is 0 Å². The normalized spacial score (nSPS) is 12.0. The molecule has 0 aliphatic carbocycles. The van der Waals surface area contributed by atoms with E-state index in [9.17, 15) is 13.2 Å². The summed E-state index contributed by atoms with van der Waals surface area (Å²) < 4.78 is 38.4. The van der Waals surface area contributed by atoms with E-state index in [4.69, 9.17) is 11.6 Å². The number of aromatic amines is 1. The third-order valence-corrected chi connectivity index (χ3v) is 4.49. The van der Waals surface area contributed by atoms with Gasteiger partial charge in [0.15, 0.2) is 0 Å². The Labute approximate surface area is 151 Å². The van der Waals surface area contributed by atoms with Gasteiger partial charge < -0.3 is 10.3 Å². The van der Waals surface area contributed by atoms with Crippen molar-refractivity contribution in [3.63, 3.8) is 0 Å². The second-order valence-corrected chi connectivity index (χ2v) is 6.74. The van der Waals surface area contributed by atoms with Gasteiger partial charge in [-0.15, -0.1) is 0 Å². The van der Waals surface area contributed by atoms with Crippen molar-refractivity contribution in [3.8, 4) is 0 Å². The number of alkyl halides is 3. The maximum atomic E-state index is 12.8. The molecule has 0 radical (unpaired) electrons. The molecule has 0 unspecified atom stereocenters. The number of halogens is 4. The smallest absolute Gasteiger partial charge is 0.356 e. The first-order chi connectivity index (χ1) is 11.9. The van der Waals surface area contributed by atoms with E-state index in [2.05, 4.69) is 22.2 Å². The first-order valence-electron chi connectivity index (χ1n) is 8.92. The molecule has 0 saturated carbocycles. The molecule has 0 spiro atoms. The fraction of sp³-hybridized carbons (Fsp3) is 0.611. The van der Waals surface area contributed by atoms with Crippen molar-refractivity contribution < 1.29 is 13.2 Å². The molecule has 140 valence electrons. The van der Waals surface area contributed by atoms with E-state index in [0.717, 1.165) is 31.5 Å². The minimum Gasteiger partial charge on any atom is -0.356 e. The highest BCUT2D eigenvalue weighted by Crippen LogP contribution is 2.34. The Morgan fingerprint density at radius 3 is 2.32 bits per heavy atom. The molecule has 2 aromatic rings. The number of fused-ring (bicyclic) bond motifs is 1. The molecule has 0 atom stereocenters. The predicted molar refractivity (Wildman–Crippen MR) is 97.2 cm³/mol. The number of imidazole rings is 1. The van der Waals surface area contributed by atoms with Crippen molar-refractivity contribution in [2.75, 3.05) is 11.9 Å². The monoisotopic (exact) mass is 375 g/mol. The van der Waals surface area contributed by atoms with Crippen LogP contribution in [-0.2, 0) is 6.18 Å². The van der Waals surface area contributed by atoms with Crippen LogP contribution in [0.4, 0.5) is 19.1 Å². The summed E-state index contributed by atoms with van der Waals surface area (Å²) in [6.45, 7) is 2.94. The molecule has 2 N–H and O–H groups in total. The van der Waals surface area contributed by atoms with Crippen LogP contribution >= 0.6 is 11.6 Å². The number of unbranched alkanes of at least 4 members (excludes halogenated alkanes) is 7. The van der Waals surface area contributed by atoms with Crippen LogP contribution in [-0.4, -0.2) is 16.5 Å². The first-order valence-corrected chi connectivity index (χ1v) is 9.30. The summed E-state index contributed by atoms with van der Waals surface area (Å²) in [5.74, 6) is 0.458. The van der Waals surface area contributed by atoms with E-state index < -0.39 is 11.7 Å². The Bertz CT molecular complexity index is 667. The van der Waals surface area contributed by atoms with Gasteiger partial charge in [-0.2, -0.15) is 13.2 Å². The topological polar surface area (TPSA) is 40.7 Å². The van der Waals surface area contributed by atoms with Crippen LogP contribution in [0.5, 0.6) is 0 Å². The summed E-state index contributed by atoms with van der Waals surface area (Å²) in [6.07, 6.45) is 5.38. The van der Waals surface area contributed by atoms with E-state index in [0.29, 0.717) is 11.5 Å². The van der Waals surface area contributed by atoms with Crippen molar-refractivity contribution >= 4 is 28.6 Å². The molecule has 2 rings (SSSR count). The number of H-pyrrole nitrogens is 1. The summed E-state index contributed by atoms with van der Waals surface area (Å²) in [7, 11) is 0. The Morgan fingerprint density at radius 2 is 1.68 bits per heavy atom. The van der Waals surface area contributed by atoms with Crippen molar-refractivity contribution in [3.05, 3.63) is 22.7 Å². The van der Waals surface area contributed by atoms with Crippen LogP contribution in [0.3, 0.4) is 0 Å². The number of nitrogens with one attached hydrogen (secondary N) is 2. The van der Waals surface area contributed by atoms with Crippen molar-refractivity contribution in [2.45, 2.75) is 64.5 Å². The third kappa shape index (κ3) is 6.10. The summed E-state index contributed by atoms with van der Waals surface area (Å²) in [6, 6.07) is 1.93. The zero-order chi connectivity index (χ0) is 18.3. The summed E-state index contributed by atoms with van der Waals surface area (Å²) in [5.41, 5.74) is -0.141. The van der Waals surface area contributed by atoms with Crippen LogP contribution < -0.4 is 5.32 Å². The highest BCUT2D eigenvalue weighted by Gasteiger charge is 2.31. The second kappa shape index (κ2) is 9.32. The SMILES string of the molecule is CCCCCCCCCCNc1nc2cc(C(F)(F)F)cc(Cl)c2[nH]1. The zero-order valence-electron chi connectivity index (χ0n) is 14.5. The van der Waals surface area contributed by atoms with Gasteiger partial charge in [-0.25, -0.2) is 4.98 Å². The van der Waals surface area contributed by atoms with Crippen molar-refractivity contribution in [1.82, 2.24) is 9.97 Å². The molecule has 0 aliphatic rings. The quantitative estimate of drug-likeness (QED) is 0.449.